The Balaban J connectivity index is 1.67. The molecule has 0 N–H and O–H groups in total. The highest BCUT2D eigenvalue weighted by atomic mass is 32.1. The normalized spacial score (nSPS) is 10.7. The quantitative estimate of drug-likeness (QED) is 0.210. The number of thiophene rings is 1. The lowest BCUT2D eigenvalue weighted by Gasteiger charge is -2.04. The van der Waals surface area contributed by atoms with E-state index in [1.165, 1.54) is 29.5 Å². The molecule has 0 bridgehead atoms. The van der Waals surface area contributed by atoms with E-state index in [1.54, 1.807) is 11.6 Å². The van der Waals surface area contributed by atoms with Crippen molar-refractivity contribution in [3.8, 4) is 22.1 Å². The topological polar surface area (TPSA) is 100 Å². The number of esters is 1. The highest BCUT2D eigenvalue weighted by molar-refractivity contribution is 7.13. The molecule has 2 aromatic heterocycles. The number of para-hydroxylation sites is 1. The highest BCUT2D eigenvalue weighted by Crippen LogP contribution is 2.27. The first-order valence-electron chi connectivity index (χ1n) is 8.56. The van der Waals surface area contributed by atoms with Gasteiger partial charge in [0.1, 0.15) is 5.75 Å². The standard InChI is InChI=1S/C20H14N4O4S/c1-13-12-15(9-10-16(13)24(26)27)28-20(25)18-21-19(17-8-5-11-29-17)23(22-18)14-6-3-2-4-7-14/h2-12H,1H3. The van der Waals surface area contributed by atoms with E-state index in [-0.39, 0.29) is 17.3 Å². The number of carbonyl (C=O) groups excluding carboxylic acids is 1. The molecule has 0 atom stereocenters. The second kappa shape index (κ2) is 7.64. The molecule has 0 aliphatic heterocycles. The zero-order chi connectivity index (χ0) is 20.4. The molecular formula is C20H14N4O4S. The van der Waals surface area contributed by atoms with Gasteiger partial charge in [-0.05, 0) is 42.6 Å². The molecule has 0 saturated heterocycles. The predicted molar refractivity (Wildman–Crippen MR) is 107 cm³/mol. The van der Waals surface area contributed by atoms with Crippen molar-refractivity contribution in [3.05, 3.63) is 87.5 Å². The molecule has 0 fully saturated rings. The third-order valence-electron chi connectivity index (χ3n) is 4.11. The minimum Gasteiger partial charge on any atom is -0.421 e. The van der Waals surface area contributed by atoms with Gasteiger partial charge in [-0.2, -0.15) is 4.98 Å². The maximum absolute atomic E-state index is 12.6. The van der Waals surface area contributed by atoms with Gasteiger partial charge in [-0.1, -0.05) is 24.3 Å². The molecule has 0 aliphatic carbocycles. The fraction of sp³-hybridized carbons (Fsp3) is 0.0500. The van der Waals surface area contributed by atoms with Gasteiger partial charge in [0.25, 0.3) is 11.5 Å². The van der Waals surface area contributed by atoms with Crippen LogP contribution >= 0.6 is 11.3 Å². The van der Waals surface area contributed by atoms with Crippen molar-refractivity contribution >= 4 is 23.0 Å². The zero-order valence-electron chi connectivity index (χ0n) is 15.2. The molecule has 2 heterocycles. The Hall–Kier alpha value is -3.85. The number of hydrogen-bond acceptors (Lipinski definition) is 7. The Morgan fingerprint density at radius 2 is 1.93 bits per heavy atom. The summed E-state index contributed by atoms with van der Waals surface area (Å²) in [6.07, 6.45) is 0. The molecule has 0 spiro atoms. The second-order valence-electron chi connectivity index (χ2n) is 6.08. The Morgan fingerprint density at radius 3 is 2.59 bits per heavy atom. The summed E-state index contributed by atoms with van der Waals surface area (Å²) in [5.74, 6) is -0.135. The van der Waals surface area contributed by atoms with Crippen LogP contribution in [0.3, 0.4) is 0 Å². The Labute approximate surface area is 169 Å². The van der Waals surface area contributed by atoms with Gasteiger partial charge in [0.2, 0.25) is 0 Å². The van der Waals surface area contributed by atoms with Crippen LogP contribution in [0, 0.1) is 17.0 Å². The zero-order valence-corrected chi connectivity index (χ0v) is 16.0. The van der Waals surface area contributed by atoms with Crippen molar-refractivity contribution in [2.75, 3.05) is 0 Å². The predicted octanol–water partition coefficient (Wildman–Crippen LogP) is 4.43. The molecule has 29 heavy (non-hydrogen) atoms. The van der Waals surface area contributed by atoms with Gasteiger partial charge >= 0.3 is 5.97 Å². The summed E-state index contributed by atoms with van der Waals surface area (Å²) in [6, 6.07) is 17.2. The largest absolute Gasteiger partial charge is 0.421 e. The molecule has 0 aliphatic rings. The molecule has 2 aromatic carbocycles. The Kier molecular flexibility index (Phi) is 4.88. The monoisotopic (exact) mass is 406 g/mol. The first-order valence-corrected chi connectivity index (χ1v) is 9.44. The smallest absolute Gasteiger partial charge is 0.383 e. The van der Waals surface area contributed by atoms with Crippen molar-refractivity contribution < 1.29 is 14.5 Å². The highest BCUT2D eigenvalue weighted by Gasteiger charge is 2.21. The molecule has 9 heteroatoms. The number of benzene rings is 2. The molecule has 4 rings (SSSR count). The first kappa shape index (κ1) is 18.5. The SMILES string of the molecule is Cc1cc(OC(=O)c2nc(-c3cccs3)n(-c3ccccc3)n2)ccc1[N+](=O)[O-]. The fourth-order valence-electron chi connectivity index (χ4n) is 2.76. The van der Waals surface area contributed by atoms with Gasteiger partial charge in [-0.3, -0.25) is 10.1 Å². The van der Waals surface area contributed by atoms with Crippen molar-refractivity contribution in [1.29, 1.82) is 0 Å². The number of carbonyl (C=O) groups is 1. The second-order valence-corrected chi connectivity index (χ2v) is 7.03. The molecule has 8 nitrogen and oxygen atoms in total. The minimum atomic E-state index is -0.745. The molecular weight excluding hydrogens is 392 g/mol. The summed E-state index contributed by atoms with van der Waals surface area (Å²) < 4.78 is 6.93. The molecule has 0 saturated carbocycles. The van der Waals surface area contributed by atoms with Crippen LogP contribution in [0.15, 0.2) is 66.0 Å². The van der Waals surface area contributed by atoms with E-state index in [4.69, 9.17) is 4.74 Å². The van der Waals surface area contributed by atoms with Gasteiger partial charge in [0.15, 0.2) is 5.82 Å². The van der Waals surface area contributed by atoms with Gasteiger partial charge in [0, 0.05) is 11.6 Å². The maximum atomic E-state index is 12.6. The van der Waals surface area contributed by atoms with Gasteiger partial charge < -0.3 is 4.74 Å². The fourth-order valence-corrected chi connectivity index (χ4v) is 3.46. The lowest BCUT2D eigenvalue weighted by molar-refractivity contribution is -0.385. The van der Waals surface area contributed by atoms with Gasteiger partial charge in [-0.15, -0.1) is 16.4 Å². The average molecular weight is 406 g/mol. The third-order valence-corrected chi connectivity index (χ3v) is 4.97. The number of nitrogens with zero attached hydrogens (tertiary/aromatic N) is 4. The number of aryl methyl sites for hydroxylation is 1. The lowest BCUT2D eigenvalue weighted by atomic mass is 10.2. The number of hydrogen-bond donors (Lipinski definition) is 0. The van der Waals surface area contributed by atoms with Crippen LogP contribution in [0.4, 0.5) is 5.69 Å². The van der Waals surface area contributed by atoms with Crippen LogP contribution in [0.25, 0.3) is 16.4 Å². The van der Waals surface area contributed by atoms with E-state index < -0.39 is 10.9 Å². The van der Waals surface area contributed by atoms with E-state index in [1.807, 2.05) is 47.8 Å². The van der Waals surface area contributed by atoms with E-state index in [0.717, 1.165) is 10.6 Å². The van der Waals surface area contributed by atoms with Crippen LogP contribution < -0.4 is 4.74 Å². The van der Waals surface area contributed by atoms with Crippen LogP contribution in [-0.2, 0) is 0 Å². The van der Waals surface area contributed by atoms with Crippen LogP contribution in [0.1, 0.15) is 16.2 Å². The van der Waals surface area contributed by atoms with E-state index >= 15 is 0 Å². The van der Waals surface area contributed by atoms with Crippen molar-refractivity contribution in [1.82, 2.24) is 14.8 Å². The number of aromatic nitrogens is 3. The van der Waals surface area contributed by atoms with E-state index in [0.29, 0.717) is 11.4 Å². The molecule has 0 amide bonds. The molecule has 0 unspecified atom stereocenters. The maximum Gasteiger partial charge on any atom is 0.383 e. The van der Waals surface area contributed by atoms with Crippen LogP contribution in [0.2, 0.25) is 0 Å². The molecule has 144 valence electrons. The molecule has 0 radical (unpaired) electrons. The average Bonchev–Trinajstić information content (AvgIpc) is 3.38. The minimum absolute atomic E-state index is 0.0451. The summed E-state index contributed by atoms with van der Waals surface area (Å²) in [5.41, 5.74) is 1.10. The van der Waals surface area contributed by atoms with Gasteiger partial charge in [0.05, 0.1) is 15.5 Å². The van der Waals surface area contributed by atoms with Crippen LogP contribution in [-0.4, -0.2) is 25.7 Å². The van der Waals surface area contributed by atoms with Crippen molar-refractivity contribution in [2.24, 2.45) is 0 Å². The Morgan fingerprint density at radius 1 is 1.14 bits per heavy atom. The molecule has 4 aromatic rings. The summed E-state index contributed by atoms with van der Waals surface area (Å²) in [6.45, 7) is 1.58. The lowest BCUT2D eigenvalue weighted by Crippen LogP contribution is -2.11. The van der Waals surface area contributed by atoms with Crippen molar-refractivity contribution in [2.45, 2.75) is 6.92 Å². The summed E-state index contributed by atoms with van der Waals surface area (Å²) in [4.78, 5) is 28.3. The summed E-state index contributed by atoms with van der Waals surface area (Å²) >= 11 is 1.48. The number of nitro benzene ring substituents is 1. The number of rotatable bonds is 5. The van der Waals surface area contributed by atoms with Crippen LogP contribution in [0.5, 0.6) is 5.75 Å². The van der Waals surface area contributed by atoms with Gasteiger partial charge in [-0.25, -0.2) is 9.48 Å². The van der Waals surface area contributed by atoms with E-state index in [2.05, 4.69) is 10.1 Å². The third kappa shape index (κ3) is 3.76. The summed E-state index contributed by atoms with van der Waals surface area (Å²) in [5, 5.41) is 17.2. The Bertz CT molecular complexity index is 1190. The van der Waals surface area contributed by atoms with Crippen molar-refractivity contribution in [3.63, 3.8) is 0 Å². The van der Waals surface area contributed by atoms with E-state index in [9.17, 15) is 14.9 Å². The summed E-state index contributed by atoms with van der Waals surface area (Å²) in [7, 11) is 0. The number of nitro groups is 1. The number of ether oxygens (including phenoxy) is 1. The first-order chi connectivity index (χ1) is 14.0.